The number of sulfonamides is 1. The Balaban J connectivity index is 1.54. The maximum atomic E-state index is 12.3. The van der Waals surface area contributed by atoms with Gasteiger partial charge in [-0.05, 0) is 18.2 Å². The van der Waals surface area contributed by atoms with Crippen molar-refractivity contribution in [1.29, 1.82) is 0 Å². The molecule has 11 nitrogen and oxygen atoms in total. The highest BCUT2D eigenvalue weighted by molar-refractivity contribution is 7.89. The first-order valence-corrected chi connectivity index (χ1v) is 9.90. The van der Waals surface area contributed by atoms with E-state index < -0.39 is 14.9 Å². The molecule has 0 atom stereocenters. The van der Waals surface area contributed by atoms with E-state index in [-0.39, 0.29) is 23.7 Å². The fourth-order valence-electron chi connectivity index (χ4n) is 2.31. The Bertz CT molecular complexity index is 1090. The number of benzene rings is 1. The molecular formula is C17H17N7O4S. The Hall–Kier alpha value is -3.64. The molecular weight excluding hydrogens is 398 g/mol. The number of nitrogens with zero attached hydrogens (tertiary/aromatic N) is 4. The van der Waals surface area contributed by atoms with Crippen molar-refractivity contribution >= 4 is 33.2 Å². The lowest BCUT2D eigenvalue weighted by Crippen LogP contribution is -2.29. The molecule has 1 aromatic carbocycles. The number of hydrogen-bond donors (Lipinski definition) is 3. The van der Waals surface area contributed by atoms with E-state index >= 15 is 0 Å². The summed E-state index contributed by atoms with van der Waals surface area (Å²) in [5.41, 5.74) is -0.292. The van der Waals surface area contributed by atoms with Crippen LogP contribution >= 0.6 is 0 Å². The van der Waals surface area contributed by atoms with E-state index in [1.165, 1.54) is 24.5 Å². The first-order valence-electron chi connectivity index (χ1n) is 8.42. The normalized spacial score (nSPS) is 11.0. The quantitative estimate of drug-likeness (QED) is 0.270. The van der Waals surface area contributed by atoms with Gasteiger partial charge in [0.2, 0.25) is 10.0 Å². The molecule has 29 heavy (non-hydrogen) atoms. The molecule has 150 valence electrons. The standard InChI is InChI=1S/C17H17N7O4S/c25-24(26)13-4-3-5-14(10-13)29(27,28)22-9-8-19-16-11-17(21-12-20-16)23-15-6-1-2-7-18-15/h1-7,10-12,22H,8-9H2,(H2,18,19,20,21,23). The van der Waals surface area contributed by atoms with Crippen LogP contribution in [0.3, 0.4) is 0 Å². The molecule has 3 rings (SSSR count). The SMILES string of the molecule is O=[N+]([O-])c1cccc(S(=O)(=O)NCCNc2cc(Nc3ccccn3)ncn2)c1. The Labute approximate surface area is 166 Å². The minimum absolute atomic E-state index is 0.0536. The number of nitro groups is 1. The lowest BCUT2D eigenvalue weighted by molar-refractivity contribution is -0.385. The molecule has 0 aliphatic carbocycles. The molecule has 3 aromatic rings. The fraction of sp³-hybridized carbons (Fsp3) is 0.118. The second kappa shape index (κ2) is 9.03. The third-order valence-electron chi connectivity index (χ3n) is 3.65. The van der Waals surface area contributed by atoms with Crippen molar-refractivity contribution in [3.8, 4) is 0 Å². The van der Waals surface area contributed by atoms with E-state index in [0.717, 1.165) is 6.07 Å². The summed E-state index contributed by atoms with van der Waals surface area (Å²) in [6, 6.07) is 11.9. The van der Waals surface area contributed by atoms with Crippen LogP contribution in [0, 0.1) is 10.1 Å². The van der Waals surface area contributed by atoms with Crippen LogP contribution in [0.5, 0.6) is 0 Å². The number of hydrogen-bond acceptors (Lipinski definition) is 9. The second-order valence-electron chi connectivity index (χ2n) is 5.71. The van der Waals surface area contributed by atoms with Crippen LogP contribution in [0.4, 0.5) is 23.1 Å². The largest absolute Gasteiger partial charge is 0.369 e. The van der Waals surface area contributed by atoms with Crippen molar-refractivity contribution in [3.05, 3.63) is 71.2 Å². The maximum absolute atomic E-state index is 12.3. The van der Waals surface area contributed by atoms with Crippen LogP contribution in [0.2, 0.25) is 0 Å². The minimum atomic E-state index is -3.87. The van der Waals surface area contributed by atoms with Gasteiger partial charge in [0.15, 0.2) is 0 Å². The summed E-state index contributed by atoms with van der Waals surface area (Å²) in [6.07, 6.45) is 3.01. The molecule has 0 amide bonds. The van der Waals surface area contributed by atoms with Crippen LogP contribution < -0.4 is 15.4 Å². The van der Waals surface area contributed by atoms with Gasteiger partial charge in [-0.3, -0.25) is 10.1 Å². The van der Waals surface area contributed by atoms with Crippen molar-refractivity contribution in [2.24, 2.45) is 0 Å². The molecule has 3 N–H and O–H groups in total. The van der Waals surface area contributed by atoms with Gasteiger partial charge in [-0.2, -0.15) is 0 Å². The predicted octanol–water partition coefficient (Wildman–Crippen LogP) is 1.91. The molecule has 12 heteroatoms. The molecule has 0 radical (unpaired) electrons. The molecule has 0 saturated carbocycles. The highest BCUT2D eigenvalue weighted by Gasteiger charge is 2.16. The molecule has 2 aromatic heterocycles. The third kappa shape index (κ3) is 5.67. The van der Waals surface area contributed by atoms with Crippen LogP contribution in [-0.4, -0.2) is 41.4 Å². The van der Waals surface area contributed by atoms with E-state index in [9.17, 15) is 18.5 Å². The molecule has 0 bridgehead atoms. The average molecular weight is 415 g/mol. The first-order chi connectivity index (χ1) is 13.9. The average Bonchev–Trinajstić information content (AvgIpc) is 2.72. The number of pyridine rings is 1. The Morgan fingerprint density at radius 3 is 2.52 bits per heavy atom. The van der Waals surface area contributed by atoms with Gasteiger partial charge < -0.3 is 10.6 Å². The van der Waals surface area contributed by atoms with Gasteiger partial charge in [-0.25, -0.2) is 28.1 Å². The number of aromatic nitrogens is 3. The molecule has 0 saturated heterocycles. The molecule has 2 heterocycles. The Morgan fingerprint density at radius 2 is 1.76 bits per heavy atom. The van der Waals surface area contributed by atoms with Crippen molar-refractivity contribution in [1.82, 2.24) is 19.7 Å². The maximum Gasteiger partial charge on any atom is 0.270 e. The van der Waals surface area contributed by atoms with Gasteiger partial charge in [0, 0.05) is 37.5 Å². The van der Waals surface area contributed by atoms with Crippen LogP contribution in [-0.2, 0) is 10.0 Å². The van der Waals surface area contributed by atoms with Gasteiger partial charge >= 0.3 is 0 Å². The van der Waals surface area contributed by atoms with E-state index in [1.807, 2.05) is 6.07 Å². The highest BCUT2D eigenvalue weighted by Crippen LogP contribution is 2.17. The number of rotatable bonds is 9. The number of nitro benzene ring substituents is 1. The van der Waals surface area contributed by atoms with Gasteiger partial charge in [0.1, 0.15) is 23.8 Å². The zero-order valence-electron chi connectivity index (χ0n) is 15.0. The predicted molar refractivity (Wildman–Crippen MR) is 106 cm³/mol. The summed E-state index contributed by atoms with van der Waals surface area (Å²) < 4.78 is 26.9. The van der Waals surface area contributed by atoms with Crippen LogP contribution in [0.15, 0.2) is 66.0 Å². The lowest BCUT2D eigenvalue weighted by Gasteiger charge is -2.09. The van der Waals surface area contributed by atoms with Gasteiger partial charge in [-0.15, -0.1) is 0 Å². The van der Waals surface area contributed by atoms with E-state index in [4.69, 9.17) is 0 Å². The van der Waals surface area contributed by atoms with Crippen LogP contribution in [0.1, 0.15) is 0 Å². The molecule has 0 spiro atoms. The topological polar surface area (TPSA) is 152 Å². The van der Waals surface area contributed by atoms with Gasteiger partial charge in [0.25, 0.3) is 5.69 Å². The minimum Gasteiger partial charge on any atom is -0.369 e. The third-order valence-corrected chi connectivity index (χ3v) is 5.11. The molecule has 0 aliphatic rings. The monoisotopic (exact) mass is 415 g/mol. The first kappa shape index (κ1) is 20.1. The Kier molecular flexibility index (Phi) is 6.26. The molecule has 0 unspecified atom stereocenters. The van der Waals surface area contributed by atoms with Gasteiger partial charge in [-0.1, -0.05) is 12.1 Å². The zero-order valence-corrected chi connectivity index (χ0v) is 15.8. The highest BCUT2D eigenvalue weighted by atomic mass is 32.2. The van der Waals surface area contributed by atoms with E-state index in [2.05, 4.69) is 30.3 Å². The fourth-order valence-corrected chi connectivity index (χ4v) is 3.38. The Morgan fingerprint density at radius 1 is 0.931 bits per heavy atom. The summed E-state index contributed by atoms with van der Waals surface area (Å²) in [5, 5.41) is 16.8. The second-order valence-corrected chi connectivity index (χ2v) is 7.47. The number of nitrogens with one attached hydrogen (secondary N) is 3. The summed E-state index contributed by atoms with van der Waals surface area (Å²) in [5.74, 6) is 1.65. The number of anilines is 3. The van der Waals surface area contributed by atoms with Crippen molar-refractivity contribution in [3.63, 3.8) is 0 Å². The zero-order chi connectivity index (χ0) is 20.7. The van der Waals surface area contributed by atoms with Crippen LogP contribution in [0.25, 0.3) is 0 Å². The smallest absolute Gasteiger partial charge is 0.270 e. The van der Waals surface area contributed by atoms with Crippen molar-refractivity contribution in [2.45, 2.75) is 4.90 Å². The van der Waals surface area contributed by atoms with Gasteiger partial charge in [0.05, 0.1) is 9.82 Å². The van der Waals surface area contributed by atoms with E-state index in [0.29, 0.717) is 17.5 Å². The number of non-ortho nitro benzene ring substituents is 1. The molecule has 0 aliphatic heterocycles. The van der Waals surface area contributed by atoms with E-state index in [1.54, 1.807) is 24.4 Å². The molecule has 0 fully saturated rings. The summed E-state index contributed by atoms with van der Waals surface area (Å²) in [7, 11) is -3.87. The summed E-state index contributed by atoms with van der Waals surface area (Å²) in [4.78, 5) is 22.3. The van der Waals surface area contributed by atoms with Crippen molar-refractivity contribution in [2.75, 3.05) is 23.7 Å². The summed E-state index contributed by atoms with van der Waals surface area (Å²) in [6.45, 7) is 0.298. The summed E-state index contributed by atoms with van der Waals surface area (Å²) >= 11 is 0. The lowest BCUT2D eigenvalue weighted by atomic mass is 10.3. The van der Waals surface area contributed by atoms with Crippen molar-refractivity contribution < 1.29 is 13.3 Å².